The number of hydrogen-bond acceptors (Lipinski definition) is 1. The Morgan fingerprint density at radius 1 is 1.14 bits per heavy atom. The third-order valence-electron chi connectivity index (χ3n) is 2.98. The zero-order chi connectivity index (χ0) is 11.1. The standard InChI is InChI=1S/C12H27NSi/c1-6-8-13(9-7-2)11(4)10(3)12(5)14/h11H,6-9H2,1-5,14H3. The summed E-state index contributed by atoms with van der Waals surface area (Å²) in [6.07, 6.45) is 2.52. The van der Waals surface area contributed by atoms with Gasteiger partial charge in [0.15, 0.2) is 0 Å². The van der Waals surface area contributed by atoms with Crippen molar-refractivity contribution in [3.63, 3.8) is 0 Å². The minimum Gasteiger partial charge on any atom is -0.297 e. The van der Waals surface area contributed by atoms with Gasteiger partial charge in [0, 0.05) is 16.3 Å². The minimum absolute atomic E-state index is 0.646. The molecule has 1 unspecified atom stereocenters. The smallest absolute Gasteiger partial charge is 0.0329 e. The van der Waals surface area contributed by atoms with E-state index in [0.29, 0.717) is 6.04 Å². The maximum absolute atomic E-state index is 2.61. The molecule has 1 atom stereocenters. The molecule has 0 bridgehead atoms. The van der Waals surface area contributed by atoms with Crippen LogP contribution >= 0.6 is 0 Å². The molecule has 1 nitrogen and oxygen atoms in total. The fourth-order valence-corrected chi connectivity index (χ4v) is 2.18. The maximum atomic E-state index is 2.61. The molecule has 0 aliphatic carbocycles. The van der Waals surface area contributed by atoms with Crippen LogP contribution in [0.5, 0.6) is 0 Å². The van der Waals surface area contributed by atoms with E-state index in [1.807, 2.05) is 0 Å². The van der Waals surface area contributed by atoms with Crippen LogP contribution < -0.4 is 0 Å². The quantitative estimate of drug-likeness (QED) is 0.611. The third-order valence-corrected chi connectivity index (χ3v) is 3.77. The van der Waals surface area contributed by atoms with Gasteiger partial charge in [-0.2, -0.15) is 0 Å². The fourth-order valence-electron chi connectivity index (χ4n) is 1.77. The Morgan fingerprint density at radius 2 is 1.57 bits per heavy atom. The van der Waals surface area contributed by atoms with Crippen molar-refractivity contribution in [2.24, 2.45) is 0 Å². The van der Waals surface area contributed by atoms with Crippen LogP contribution in [0.2, 0.25) is 0 Å². The molecule has 0 rings (SSSR count). The molecule has 0 radical (unpaired) electrons. The Balaban J connectivity index is 4.42. The summed E-state index contributed by atoms with van der Waals surface area (Å²) in [5.74, 6) is 0. The van der Waals surface area contributed by atoms with Crippen molar-refractivity contribution in [1.82, 2.24) is 4.90 Å². The van der Waals surface area contributed by atoms with Gasteiger partial charge in [-0.15, -0.1) is 0 Å². The fraction of sp³-hybridized carbons (Fsp3) is 0.833. The lowest BCUT2D eigenvalue weighted by Gasteiger charge is -2.30. The molecule has 0 aliphatic heterocycles. The van der Waals surface area contributed by atoms with Gasteiger partial charge in [-0.05, 0) is 46.7 Å². The van der Waals surface area contributed by atoms with E-state index >= 15 is 0 Å². The van der Waals surface area contributed by atoms with Crippen LogP contribution in [0.3, 0.4) is 0 Å². The van der Waals surface area contributed by atoms with E-state index in [2.05, 4.69) is 39.5 Å². The zero-order valence-corrected chi connectivity index (χ0v) is 12.9. The summed E-state index contributed by atoms with van der Waals surface area (Å²) in [4.78, 5) is 2.61. The summed E-state index contributed by atoms with van der Waals surface area (Å²) in [5.41, 5.74) is 1.60. The number of nitrogens with zero attached hydrogens (tertiary/aromatic N) is 1. The highest BCUT2D eigenvalue weighted by atomic mass is 28.1. The van der Waals surface area contributed by atoms with Crippen molar-refractivity contribution >= 4 is 10.2 Å². The van der Waals surface area contributed by atoms with Crippen LogP contribution in [-0.2, 0) is 0 Å². The predicted molar refractivity (Wildman–Crippen MR) is 69.9 cm³/mol. The highest BCUT2D eigenvalue weighted by Gasteiger charge is 2.13. The van der Waals surface area contributed by atoms with E-state index in [1.165, 1.54) is 36.2 Å². The van der Waals surface area contributed by atoms with Crippen molar-refractivity contribution in [2.45, 2.75) is 53.5 Å². The van der Waals surface area contributed by atoms with Gasteiger partial charge in [-0.25, -0.2) is 0 Å². The molecule has 0 N–H and O–H groups in total. The van der Waals surface area contributed by atoms with E-state index in [-0.39, 0.29) is 0 Å². The predicted octanol–water partition coefficient (Wildman–Crippen LogP) is 2.16. The first-order valence-electron chi connectivity index (χ1n) is 5.92. The molecule has 0 saturated carbocycles. The summed E-state index contributed by atoms with van der Waals surface area (Å²) in [6, 6.07) is 0.646. The molecule has 0 amide bonds. The lowest BCUT2D eigenvalue weighted by atomic mass is 10.1. The Labute approximate surface area is 93.0 Å². The molecule has 0 heterocycles. The third kappa shape index (κ3) is 4.42. The van der Waals surface area contributed by atoms with Crippen LogP contribution in [0.4, 0.5) is 0 Å². The van der Waals surface area contributed by atoms with Gasteiger partial charge >= 0.3 is 0 Å². The number of hydrogen-bond donors (Lipinski definition) is 0. The second-order valence-corrected chi connectivity index (χ2v) is 5.89. The average molecular weight is 213 g/mol. The van der Waals surface area contributed by atoms with Gasteiger partial charge in [0.05, 0.1) is 0 Å². The summed E-state index contributed by atoms with van der Waals surface area (Å²) < 4.78 is 0. The van der Waals surface area contributed by atoms with E-state index in [9.17, 15) is 0 Å². The molecular weight excluding hydrogens is 186 g/mol. The van der Waals surface area contributed by atoms with Crippen LogP contribution in [0.15, 0.2) is 10.8 Å². The Hall–Kier alpha value is -0.0831. The van der Waals surface area contributed by atoms with E-state index in [1.54, 1.807) is 10.8 Å². The topological polar surface area (TPSA) is 3.24 Å². The van der Waals surface area contributed by atoms with E-state index < -0.39 is 0 Å². The normalized spacial score (nSPS) is 15.9. The van der Waals surface area contributed by atoms with Gasteiger partial charge in [-0.3, -0.25) is 4.90 Å². The second kappa shape index (κ2) is 7.24. The molecule has 14 heavy (non-hydrogen) atoms. The van der Waals surface area contributed by atoms with Crippen molar-refractivity contribution in [1.29, 1.82) is 0 Å². The summed E-state index contributed by atoms with van der Waals surface area (Å²) in [6.45, 7) is 13.9. The van der Waals surface area contributed by atoms with Crippen molar-refractivity contribution < 1.29 is 0 Å². The Morgan fingerprint density at radius 3 is 1.86 bits per heavy atom. The summed E-state index contributed by atoms with van der Waals surface area (Å²) in [5, 5.41) is 1.61. The van der Waals surface area contributed by atoms with Crippen LogP contribution in [-0.4, -0.2) is 34.3 Å². The highest BCUT2D eigenvalue weighted by Crippen LogP contribution is 2.13. The first-order chi connectivity index (χ1) is 6.54. The van der Waals surface area contributed by atoms with Gasteiger partial charge in [-0.1, -0.05) is 24.6 Å². The van der Waals surface area contributed by atoms with Crippen molar-refractivity contribution in [2.75, 3.05) is 13.1 Å². The first-order valence-corrected chi connectivity index (χ1v) is 6.92. The van der Waals surface area contributed by atoms with Gasteiger partial charge in [0.2, 0.25) is 0 Å². The zero-order valence-electron chi connectivity index (χ0n) is 10.9. The first kappa shape index (κ1) is 13.9. The molecule has 0 aliphatic rings. The van der Waals surface area contributed by atoms with Gasteiger partial charge < -0.3 is 0 Å². The number of allylic oxidation sites excluding steroid dienone is 1. The minimum atomic E-state index is 0.646. The van der Waals surface area contributed by atoms with Crippen LogP contribution in [0.25, 0.3) is 0 Å². The van der Waals surface area contributed by atoms with Crippen molar-refractivity contribution in [3.05, 3.63) is 10.8 Å². The molecule has 0 aromatic carbocycles. The Kier molecular flexibility index (Phi) is 7.20. The molecule has 0 fully saturated rings. The van der Waals surface area contributed by atoms with E-state index in [0.717, 1.165) is 0 Å². The van der Waals surface area contributed by atoms with Crippen molar-refractivity contribution in [3.8, 4) is 0 Å². The highest BCUT2D eigenvalue weighted by molar-refractivity contribution is 6.21. The van der Waals surface area contributed by atoms with E-state index in [4.69, 9.17) is 0 Å². The molecular formula is C12H27NSi. The summed E-state index contributed by atoms with van der Waals surface area (Å²) >= 11 is 0. The van der Waals surface area contributed by atoms with Gasteiger partial charge in [0.25, 0.3) is 0 Å². The molecule has 2 heteroatoms. The average Bonchev–Trinajstić information content (AvgIpc) is 2.15. The largest absolute Gasteiger partial charge is 0.297 e. The maximum Gasteiger partial charge on any atom is 0.0329 e. The molecule has 84 valence electrons. The molecule has 0 aromatic heterocycles. The monoisotopic (exact) mass is 213 g/mol. The van der Waals surface area contributed by atoms with Gasteiger partial charge in [0.1, 0.15) is 0 Å². The lowest BCUT2D eigenvalue weighted by Crippen LogP contribution is -2.35. The summed E-state index contributed by atoms with van der Waals surface area (Å²) in [7, 11) is 1.21. The number of rotatable bonds is 6. The van der Waals surface area contributed by atoms with Crippen LogP contribution in [0.1, 0.15) is 47.5 Å². The second-order valence-electron chi connectivity index (χ2n) is 4.39. The SMILES string of the molecule is CCCN(CCC)C(C)C(C)=C(C)[SiH3]. The lowest BCUT2D eigenvalue weighted by molar-refractivity contribution is 0.233. The Bertz CT molecular complexity index is 177. The molecule has 0 aromatic rings. The molecule has 0 saturated heterocycles. The van der Waals surface area contributed by atoms with Crippen LogP contribution in [0, 0.1) is 0 Å². The molecule has 0 spiro atoms.